The normalized spacial score (nSPS) is 12.2. The van der Waals surface area contributed by atoms with Gasteiger partial charge in [-0.25, -0.2) is 9.97 Å². The van der Waals surface area contributed by atoms with Gasteiger partial charge in [-0.05, 0) is 37.1 Å². The molecule has 5 heteroatoms. The van der Waals surface area contributed by atoms with Gasteiger partial charge in [0.1, 0.15) is 0 Å². The molecule has 1 atom stereocenters. The molecular weight excluding hydrogens is 258 g/mol. The molecule has 0 spiro atoms. The van der Waals surface area contributed by atoms with Gasteiger partial charge in [0.05, 0.1) is 0 Å². The van der Waals surface area contributed by atoms with Crippen LogP contribution in [0, 0.1) is 13.8 Å². The summed E-state index contributed by atoms with van der Waals surface area (Å²) >= 11 is 0. The molecule has 1 aromatic carbocycles. The number of benzene rings is 1. The molecule has 0 radical (unpaired) electrons. The molecule has 19 heavy (non-hydrogen) atoms. The van der Waals surface area contributed by atoms with Crippen LogP contribution < -0.4 is 5.32 Å². The minimum atomic E-state index is -0.844. The molecule has 100 valence electrons. The number of hydrogen-bond acceptors (Lipinski definition) is 4. The second-order valence-electron chi connectivity index (χ2n) is 4.45. The summed E-state index contributed by atoms with van der Waals surface area (Å²) in [6, 6.07) is 7.78. The van der Waals surface area contributed by atoms with Crippen LogP contribution in [0.25, 0.3) is 0 Å². The van der Waals surface area contributed by atoms with E-state index in [1.807, 2.05) is 38.1 Å². The Morgan fingerprint density at radius 3 is 2.74 bits per heavy atom. The van der Waals surface area contributed by atoms with Gasteiger partial charge in [0.2, 0.25) is 5.95 Å². The minimum absolute atomic E-state index is 0.566. The number of nitrogens with one attached hydrogen (secondary N) is 1. The molecule has 0 aliphatic heterocycles. The van der Waals surface area contributed by atoms with Crippen LogP contribution in [0.2, 0.25) is 0 Å². The summed E-state index contributed by atoms with van der Waals surface area (Å²) < 4.78 is 11.3. The standard InChI is InChI=1S/C14H17N3OS/c1-10-7-8-15-14(16-10)17-13-6-4-5-12(11(13)2)9-19(3)18/h4-8H,9H2,1-3H3,(H,15,16,17). The third-order valence-corrected chi connectivity index (χ3v) is 3.56. The number of rotatable bonds is 4. The summed E-state index contributed by atoms with van der Waals surface area (Å²) in [4.78, 5) is 8.50. The van der Waals surface area contributed by atoms with E-state index in [1.165, 1.54) is 0 Å². The first-order valence-corrected chi connectivity index (χ1v) is 7.74. The van der Waals surface area contributed by atoms with E-state index < -0.39 is 10.8 Å². The van der Waals surface area contributed by atoms with Crippen LogP contribution in [0.1, 0.15) is 16.8 Å². The number of aryl methyl sites for hydroxylation is 1. The average molecular weight is 275 g/mol. The Kier molecular flexibility index (Phi) is 4.27. The fourth-order valence-corrected chi connectivity index (χ4v) is 2.57. The Labute approximate surface area is 115 Å². The van der Waals surface area contributed by atoms with Crippen LogP contribution in [-0.2, 0) is 16.6 Å². The van der Waals surface area contributed by atoms with Crippen molar-refractivity contribution < 1.29 is 4.21 Å². The van der Waals surface area contributed by atoms with E-state index in [-0.39, 0.29) is 0 Å². The summed E-state index contributed by atoms with van der Waals surface area (Å²) in [6.45, 7) is 3.94. The van der Waals surface area contributed by atoms with Crippen LogP contribution >= 0.6 is 0 Å². The lowest BCUT2D eigenvalue weighted by molar-refractivity contribution is 0.686. The number of hydrogen-bond donors (Lipinski definition) is 1. The molecule has 0 amide bonds. The van der Waals surface area contributed by atoms with Gasteiger partial charge in [0.25, 0.3) is 0 Å². The van der Waals surface area contributed by atoms with Crippen molar-refractivity contribution in [2.45, 2.75) is 19.6 Å². The Morgan fingerprint density at radius 2 is 2.05 bits per heavy atom. The van der Waals surface area contributed by atoms with E-state index in [9.17, 15) is 4.21 Å². The zero-order chi connectivity index (χ0) is 13.8. The van der Waals surface area contributed by atoms with Crippen molar-refractivity contribution in [3.8, 4) is 0 Å². The minimum Gasteiger partial charge on any atom is -0.324 e. The van der Waals surface area contributed by atoms with Crippen molar-refractivity contribution in [2.24, 2.45) is 0 Å². The SMILES string of the molecule is Cc1ccnc(Nc2cccc(CS(C)=O)c2C)n1. The molecule has 0 aliphatic rings. The highest BCUT2D eigenvalue weighted by atomic mass is 32.2. The van der Waals surface area contributed by atoms with Gasteiger partial charge < -0.3 is 5.32 Å². The van der Waals surface area contributed by atoms with Crippen LogP contribution in [-0.4, -0.2) is 20.4 Å². The molecule has 1 aromatic heterocycles. The summed E-state index contributed by atoms with van der Waals surface area (Å²) in [5.74, 6) is 1.15. The zero-order valence-electron chi connectivity index (χ0n) is 11.3. The molecule has 1 unspecified atom stereocenters. The fraction of sp³-hybridized carbons (Fsp3) is 0.286. The van der Waals surface area contributed by atoms with Gasteiger partial charge in [-0.2, -0.15) is 0 Å². The maximum absolute atomic E-state index is 11.3. The Hall–Kier alpha value is -1.75. The summed E-state index contributed by atoms with van der Waals surface area (Å²) in [5, 5.41) is 3.21. The van der Waals surface area contributed by atoms with E-state index in [0.29, 0.717) is 11.7 Å². The third kappa shape index (κ3) is 3.61. The van der Waals surface area contributed by atoms with E-state index in [1.54, 1.807) is 12.5 Å². The molecule has 1 N–H and O–H groups in total. The molecule has 4 nitrogen and oxygen atoms in total. The second-order valence-corrected chi connectivity index (χ2v) is 5.89. The van der Waals surface area contributed by atoms with Crippen molar-refractivity contribution in [1.29, 1.82) is 0 Å². The average Bonchev–Trinajstić information content (AvgIpc) is 2.34. The number of anilines is 2. The summed E-state index contributed by atoms with van der Waals surface area (Å²) in [5.41, 5.74) is 4.04. The zero-order valence-corrected chi connectivity index (χ0v) is 12.1. The van der Waals surface area contributed by atoms with Crippen LogP contribution in [0.5, 0.6) is 0 Å². The maximum Gasteiger partial charge on any atom is 0.227 e. The Bertz CT molecular complexity index is 613. The molecule has 0 saturated carbocycles. The van der Waals surface area contributed by atoms with Crippen LogP contribution in [0.15, 0.2) is 30.5 Å². The van der Waals surface area contributed by atoms with E-state index in [4.69, 9.17) is 0 Å². The lowest BCUT2D eigenvalue weighted by Crippen LogP contribution is -2.02. The first-order valence-electron chi connectivity index (χ1n) is 6.01. The first kappa shape index (κ1) is 13.7. The predicted octanol–water partition coefficient (Wildman–Crippen LogP) is 2.72. The van der Waals surface area contributed by atoms with Crippen molar-refractivity contribution >= 4 is 22.4 Å². The largest absolute Gasteiger partial charge is 0.324 e. The van der Waals surface area contributed by atoms with E-state index in [0.717, 1.165) is 22.5 Å². The lowest BCUT2D eigenvalue weighted by atomic mass is 10.1. The quantitative estimate of drug-likeness (QED) is 0.932. The highest BCUT2D eigenvalue weighted by Crippen LogP contribution is 2.22. The highest BCUT2D eigenvalue weighted by Gasteiger charge is 2.06. The second kappa shape index (κ2) is 5.93. The first-order chi connectivity index (χ1) is 9.06. The Morgan fingerprint density at radius 1 is 1.26 bits per heavy atom. The number of aromatic nitrogens is 2. The van der Waals surface area contributed by atoms with Gasteiger partial charge in [-0.1, -0.05) is 12.1 Å². The van der Waals surface area contributed by atoms with E-state index >= 15 is 0 Å². The van der Waals surface area contributed by atoms with Crippen LogP contribution in [0.4, 0.5) is 11.6 Å². The van der Waals surface area contributed by atoms with Gasteiger partial charge in [-0.3, -0.25) is 4.21 Å². The van der Waals surface area contributed by atoms with Gasteiger partial charge in [-0.15, -0.1) is 0 Å². The monoisotopic (exact) mass is 275 g/mol. The molecule has 2 rings (SSSR count). The van der Waals surface area contributed by atoms with Crippen molar-refractivity contribution in [3.05, 3.63) is 47.3 Å². The van der Waals surface area contributed by atoms with Crippen LogP contribution in [0.3, 0.4) is 0 Å². The molecule has 1 heterocycles. The number of nitrogens with zero attached hydrogens (tertiary/aromatic N) is 2. The van der Waals surface area contributed by atoms with Crippen molar-refractivity contribution in [2.75, 3.05) is 11.6 Å². The smallest absolute Gasteiger partial charge is 0.227 e. The summed E-state index contributed by atoms with van der Waals surface area (Å²) in [7, 11) is -0.844. The van der Waals surface area contributed by atoms with Gasteiger partial charge >= 0.3 is 0 Å². The third-order valence-electron chi connectivity index (χ3n) is 2.85. The van der Waals surface area contributed by atoms with Gasteiger partial charge in [0.15, 0.2) is 0 Å². The topological polar surface area (TPSA) is 54.9 Å². The molecule has 0 bridgehead atoms. The highest BCUT2D eigenvalue weighted by molar-refractivity contribution is 7.83. The summed E-state index contributed by atoms with van der Waals surface area (Å²) in [6.07, 6.45) is 3.44. The molecule has 2 aromatic rings. The molecule has 0 aliphatic carbocycles. The van der Waals surface area contributed by atoms with Crippen molar-refractivity contribution in [3.63, 3.8) is 0 Å². The fourth-order valence-electron chi connectivity index (χ4n) is 1.82. The van der Waals surface area contributed by atoms with E-state index in [2.05, 4.69) is 15.3 Å². The maximum atomic E-state index is 11.3. The Balaban J connectivity index is 2.28. The molecule has 0 saturated heterocycles. The molecule has 0 fully saturated rings. The van der Waals surface area contributed by atoms with Crippen molar-refractivity contribution in [1.82, 2.24) is 9.97 Å². The predicted molar refractivity (Wildman–Crippen MR) is 79.0 cm³/mol. The molecular formula is C14H17N3OS. The lowest BCUT2D eigenvalue weighted by Gasteiger charge is -2.11. The van der Waals surface area contributed by atoms with Gasteiger partial charge in [0, 0.05) is 40.4 Å².